The summed E-state index contributed by atoms with van der Waals surface area (Å²) < 4.78 is 11.4. The summed E-state index contributed by atoms with van der Waals surface area (Å²) >= 11 is 0. The molecule has 1 heterocycles. The van der Waals surface area contributed by atoms with Gasteiger partial charge in [-0.05, 0) is 38.5 Å². The molecule has 0 amide bonds. The average Bonchev–Trinajstić information content (AvgIpc) is 2.53. The van der Waals surface area contributed by atoms with E-state index in [4.69, 9.17) is 9.47 Å². The highest BCUT2D eigenvalue weighted by Crippen LogP contribution is 2.44. The van der Waals surface area contributed by atoms with Crippen LogP contribution in [-0.4, -0.2) is 69.6 Å². The predicted octanol–water partition coefficient (Wildman–Crippen LogP) is 0.677. The first kappa shape index (κ1) is 21.5. The highest BCUT2D eigenvalue weighted by atomic mass is 16.7. The van der Waals surface area contributed by atoms with Gasteiger partial charge in [-0.3, -0.25) is 0 Å². The van der Waals surface area contributed by atoms with Crippen molar-refractivity contribution in [2.45, 2.75) is 90.2 Å². The van der Waals surface area contributed by atoms with E-state index >= 15 is 0 Å². The van der Waals surface area contributed by atoms with Crippen LogP contribution in [0.2, 0.25) is 0 Å². The SMILES string of the molecule is CC(=O)CCC1=C(C)C[C@H](O[C@@H]2O[C@H](CO)[C@@H](O)[C@H](O)[C@H]2O)CC1(C)C. The number of allylic oxidation sites excluding steroid dienone is 1. The lowest BCUT2D eigenvalue weighted by Gasteiger charge is -2.44. The quantitative estimate of drug-likeness (QED) is 0.507. The largest absolute Gasteiger partial charge is 0.394 e. The van der Waals surface area contributed by atoms with Crippen molar-refractivity contribution in [2.24, 2.45) is 5.41 Å². The van der Waals surface area contributed by atoms with Crippen LogP contribution in [0.4, 0.5) is 0 Å². The van der Waals surface area contributed by atoms with Gasteiger partial charge in [0.25, 0.3) is 0 Å². The van der Waals surface area contributed by atoms with Crippen LogP contribution < -0.4 is 0 Å². The molecule has 7 nitrogen and oxygen atoms in total. The summed E-state index contributed by atoms with van der Waals surface area (Å²) in [5.41, 5.74) is 2.27. The van der Waals surface area contributed by atoms with Crippen molar-refractivity contribution < 1.29 is 34.7 Å². The number of ether oxygens (including phenoxy) is 2. The predicted molar refractivity (Wildman–Crippen MR) is 94.3 cm³/mol. The van der Waals surface area contributed by atoms with Gasteiger partial charge >= 0.3 is 0 Å². The zero-order chi connectivity index (χ0) is 19.6. The molecule has 26 heavy (non-hydrogen) atoms. The molecule has 0 aromatic rings. The maximum Gasteiger partial charge on any atom is 0.186 e. The number of hydrogen-bond donors (Lipinski definition) is 4. The normalized spacial score (nSPS) is 37.7. The minimum Gasteiger partial charge on any atom is -0.394 e. The molecule has 0 radical (unpaired) electrons. The molecule has 0 aromatic heterocycles. The van der Waals surface area contributed by atoms with Gasteiger partial charge in [-0.1, -0.05) is 25.0 Å². The summed E-state index contributed by atoms with van der Waals surface area (Å²) in [6, 6.07) is 0. The lowest BCUT2D eigenvalue weighted by atomic mass is 9.70. The zero-order valence-electron chi connectivity index (χ0n) is 16.0. The van der Waals surface area contributed by atoms with Gasteiger partial charge in [-0.2, -0.15) is 0 Å². The van der Waals surface area contributed by atoms with E-state index in [9.17, 15) is 25.2 Å². The first-order chi connectivity index (χ1) is 12.1. The fraction of sp³-hybridized carbons (Fsp3) is 0.842. The van der Waals surface area contributed by atoms with Gasteiger partial charge in [-0.25, -0.2) is 0 Å². The third kappa shape index (κ3) is 4.71. The summed E-state index contributed by atoms with van der Waals surface area (Å²) in [6.45, 7) is 7.36. The van der Waals surface area contributed by atoms with Crippen molar-refractivity contribution in [3.8, 4) is 0 Å². The minimum atomic E-state index is -1.44. The molecule has 0 bridgehead atoms. The molecule has 2 aliphatic rings. The second-order valence-corrected chi connectivity index (χ2v) is 8.21. The number of aliphatic hydroxyl groups excluding tert-OH is 4. The Labute approximate surface area is 154 Å². The van der Waals surface area contributed by atoms with Crippen LogP contribution in [0.5, 0.6) is 0 Å². The number of hydrogen-bond acceptors (Lipinski definition) is 7. The summed E-state index contributed by atoms with van der Waals surface area (Å²) in [6.07, 6.45) is -3.95. The Kier molecular flexibility index (Phi) is 6.98. The Morgan fingerprint density at radius 3 is 2.42 bits per heavy atom. The minimum absolute atomic E-state index is 0.156. The van der Waals surface area contributed by atoms with Crippen molar-refractivity contribution in [1.29, 1.82) is 0 Å². The number of carbonyl (C=O) groups is 1. The van der Waals surface area contributed by atoms with E-state index in [1.54, 1.807) is 6.92 Å². The Balaban J connectivity index is 2.08. The second-order valence-electron chi connectivity index (χ2n) is 8.21. The van der Waals surface area contributed by atoms with E-state index in [0.29, 0.717) is 19.3 Å². The van der Waals surface area contributed by atoms with Crippen LogP contribution in [0.15, 0.2) is 11.1 Å². The molecular weight excluding hydrogens is 340 g/mol. The van der Waals surface area contributed by atoms with E-state index in [2.05, 4.69) is 13.8 Å². The van der Waals surface area contributed by atoms with Gasteiger partial charge in [0.2, 0.25) is 0 Å². The number of carbonyl (C=O) groups excluding carboxylic acids is 1. The fourth-order valence-electron chi connectivity index (χ4n) is 4.13. The Morgan fingerprint density at radius 1 is 1.23 bits per heavy atom. The van der Waals surface area contributed by atoms with E-state index in [1.807, 2.05) is 6.92 Å². The number of Topliss-reactive ketones (excluding diaryl/α,β-unsaturated/α-hetero) is 1. The molecule has 0 unspecified atom stereocenters. The Bertz CT molecular complexity index is 540. The van der Waals surface area contributed by atoms with Gasteiger partial charge in [0.05, 0.1) is 12.7 Å². The summed E-state index contributed by atoms with van der Waals surface area (Å²) in [4.78, 5) is 11.3. The zero-order valence-corrected chi connectivity index (χ0v) is 16.0. The molecule has 1 aliphatic carbocycles. The first-order valence-corrected chi connectivity index (χ1v) is 9.21. The molecule has 0 spiro atoms. The lowest BCUT2D eigenvalue weighted by Crippen LogP contribution is -2.59. The molecule has 7 heteroatoms. The Hall–Kier alpha value is -0.830. The first-order valence-electron chi connectivity index (χ1n) is 9.21. The topological polar surface area (TPSA) is 116 Å². The van der Waals surface area contributed by atoms with Crippen LogP contribution in [0.3, 0.4) is 0 Å². The molecular formula is C19H32O7. The highest BCUT2D eigenvalue weighted by molar-refractivity contribution is 5.75. The smallest absolute Gasteiger partial charge is 0.186 e. The van der Waals surface area contributed by atoms with E-state index in [1.165, 1.54) is 5.57 Å². The molecule has 0 saturated carbocycles. The third-order valence-corrected chi connectivity index (χ3v) is 5.51. The van der Waals surface area contributed by atoms with E-state index in [-0.39, 0.29) is 17.3 Å². The molecule has 1 fully saturated rings. The van der Waals surface area contributed by atoms with Gasteiger partial charge in [0.1, 0.15) is 30.2 Å². The van der Waals surface area contributed by atoms with Crippen molar-refractivity contribution >= 4 is 5.78 Å². The average molecular weight is 372 g/mol. The van der Waals surface area contributed by atoms with Crippen LogP contribution in [-0.2, 0) is 14.3 Å². The van der Waals surface area contributed by atoms with Crippen molar-refractivity contribution in [2.75, 3.05) is 6.61 Å². The van der Waals surface area contributed by atoms with Crippen LogP contribution >= 0.6 is 0 Å². The Morgan fingerprint density at radius 2 is 1.88 bits per heavy atom. The van der Waals surface area contributed by atoms with Crippen molar-refractivity contribution in [3.05, 3.63) is 11.1 Å². The molecule has 150 valence electrons. The van der Waals surface area contributed by atoms with E-state index in [0.717, 1.165) is 12.0 Å². The monoisotopic (exact) mass is 372 g/mol. The maximum absolute atomic E-state index is 11.3. The summed E-state index contributed by atoms with van der Waals surface area (Å²) in [5.74, 6) is 0.167. The molecule has 1 aliphatic heterocycles. The number of rotatable bonds is 6. The van der Waals surface area contributed by atoms with Crippen molar-refractivity contribution in [3.63, 3.8) is 0 Å². The molecule has 2 rings (SSSR count). The summed E-state index contributed by atoms with van der Waals surface area (Å²) in [7, 11) is 0. The fourth-order valence-corrected chi connectivity index (χ4v) is 4.13. The van der Waals surface area contributed by atoms with Crippen LogP contribution in [0, 0.1) is 5.41 Å². The van der Waals surface area contributed by atoms with E-state index < -0.39 is 37.3 Å². The second kappa shape index (κ2) is 8.46. The lowest BCUT2D eigenvalue weighted by molar-refractivity contribution is -0.313. The van der Waals surface area contributed by atoms with Gasteiger partial charge < -0.3 is 34.7 Å². The van der Waals surface area contributed by atoms with Crippen LogP contribution in [0.25, 0.3) is 0 Å². The number of aliphatic hydroxyl groups is 4. The van der Waals surface area contributed by atoms with Gasteiger partial charge in [0.15, 0.2) is 6.29 Å². The van der Waals surface area contributed by atoms with Gasteiger partial charge in [-0.15, -0.1) is 0 Å². The standard InChI is InChI=1S/C19H32O7/c1-10-7-12(8-19(3,4)13(10)6-5-11(2)21)25-18-17(24)16(23)15(22)14(9-20)26-18/h12,14-18,20,22-24H,5-9H2,1-4H3/t12-,14+,15+,16-,17+,18+/m0/s1. The molecule has 4 N–H and O–H groups in total. The number of ketones is 1. The third-order valence-electron chi connectivity index (χ3n) is 5.51. The maximum atomic E-state index is 11.3. The van der Waals surface area contributed by atoms with Crippen LogP contribution in [0.1, 0.15) is 53.4 Å². The molecule has 1 saturated heterocycles. The molecule has 6 atom stereocenters. The van der Waals surface area contributed by atoms with Crippen molar-refractivity contribution in [1.82, 2.24) is 0 Å². The molecule has 0 aromatic carbocycles. The van der Waals surface area contributed by atoms with Gasteiger partial charge in [0, 0.05) is 6.42 Å². The summed E-state index contributed by atoms with van der Waals surface area (Å²) in [5, 5.41) is 39.2. The highest BCUT2D eigenvalue weighted by Gasteiger charge is 2.45.